The molecule has 2 N–H and O–H groups in total. The summed E-state index contributed by atoms with van der Waals surface area (Å²) in [7, 11) is 1.62. The van der Waals surface area contributed by atoms with E-state index in [1.807, 2.05) is 24.3 Å². The molecule has 0 atom stereocenters. The zero-order valence-electron chi connectivity index (χ0n) is 11.1. The highest BCUT2D eigenvalue weighted by molar-refractivity contribution is 5.74. The summed E-state index contributed by atoms with van der Waals surface area (Å²) in [5, 5.41) is 11.9. The van der Waals surface area contributed by atoms with Gasteiger partial charge in [0.05, 0.1) is 13.7 Å². The van der Waals surface area contributed by atoms with Crippen LogP contribution in [0.4, 0.5) is 4.79 Å². The van der Waals surface area contributed by atoms with E-state index in [4.69, 9.17) is 9.84 Å². The number of carbonyl (C=O) groups is 1. The van der Waals surface area contributed by atoms with Gasteiger partial charge in [-0.3, -0.25) is 0 Å². The van der Waals surface area contributed by atoms with Gasteiger partial charge in [0.25, 0.3) is 0 Å². The minimum Gasteiger partial charge on any atom is -0.497 e. The highest BCUT2D eigenvalue weighted by Gasteiger charge is 2.31. The summed E-state index contributed by atoms with van der Waals surface area (Å²) in [6, 6.07) is 7.79. The van der Waals surface area contributed by atoms with Crippen molar-refractivity contribution < 1.29 is 14.6 Å². The molecule has 1 saturated carbocycles. The number of rotatable bonds is 6. The lowest BCUT2D eigenvalue weighted by molar-refractivity contribution is 0.173. The molecule has 0 unspecified atom stereocenters. The first kappa shape index (κ1) is 13.7. The van der Waals surface area contributed by atoms with E-state index < -0.39 is 0 Å². The Kier molecular flexibility index (Phi) is 4.63. The van der Waals surface area contributed by atoms with Crippen LogP contribution < -0.4 is 10.1 Å². The predicted molar refractivity (Wildman–Crippen MR) is 72.0 cm³/mol. The monoisotopic (exact) mass is 264 g/mol. The molecule has 104 valence electrons. The van der Waals surface area contributed by atoms with Gasteiger partial charge < -0.3 is 20.1 Å². The van der Waals surface area contributed by atoms with Crippen LogP contribution in [0.25, 0.3) is 0 Å². The second-order valence-corrected chi connectivity index (χ2v) is 4.66. The van der Waals surface area contributed by atoms with E-state index in [-0.39, 0.29) is 12.6 Å². The van der Waals surface area contributed by atoms with Crippen LogP contribution in [0, 0.1) is 0 Å². The maximum Gasteiger partial charge on any atom is 0.317 e. The largest absolute Gasteiger partial charge is 0.497 e. The number of hydrogen-bond donors (Lipinski definition) is 2. The molecule has 19 heavy (non-hydrogen) atoms. The highest BCUT2D eigenvalue weighted by atomic mass is 16.5. The lowest BCUT2D eigenvalue weighted by Gasteiger charge is -2.21. The molecule has 0 spiro atoms. The average Bonchev–Trinajstić information content (AvgIpc) is 3.27. The number of methoxy groups -OCH3 is 1. The topological polar surface area (TPSA) is 61.8 Å². The van der Waals surface area contributed by atoms with Gasteiger partial charge in [-0.1, -0.05) is 12.1 Å². The molecule has 0 aromatic heterocycles. The van der Waals surface area contributed by atoms with Crippen molar-refractivity contribution in [3.05, 3.63) is 29.8 Å². The van der Waals surface area contributed by atoms with E-state index in [0.717, 1.165) is 24.2 Å². The fourth-order valence-electron chi connectivity index (χ4n) is 2.01. The lowest BCUT2D eigenvalue weighted by Crippen LogP contribution is -2.42. The Morgan fingerprint density at radius 1 is 1.53 bits per heavy atom. The maximum absolute atomic E-state index is 12.0. The second-order valence-electron chi connectivity index (χ2n) is 4.66. The van der Waals surface area contributed by atoms with E-state index in [9.17, 15) is 4.79 Å². The molecule has 0 bridgehead atoms. The van der Waals surface area contributed by atoms with Crippen LogP contribution in [0.15, 0.2) is 24.3 Å². The third kappa shape index (κ3) is 3.86. The van der Waals surface area contributed by atoms with Crippen LogP contribution in [0.3, 0.4) is 0 Å². The van der Waals surface area contributed by atoms with Crippen molar-refractivity contribution in [1.29, 1.82) is 0 Å². The number of nitrogens with zero attached hydrogens (tertiary/aromatic N) is 1. The second kappa shape index (κ2) is 6.43. The molecule has 2 amide bonds. The summed E-state index contributed by atoms with van der Waals surface area (Å²) in [5.41, 5.74) is 0.993. The first-order chi connectivity index (χ1) is 9.24. The number of ether oxygens (including phenoxy) is 1. The Morgan fingerprint density at radius 2 is 2.32 bits per heavy atom. The van der Waals surface area contributed by atoms with Gasteiger partial charge in [-0.15, -0.1) is 0 Å². The number of carbonyl (C=O) groups excluding carboxylic acids is 1. The van der Waals surface area contributed by atoms with Crippen molar-refractivity contribution >= 4 is 6.03 Å². The molecule has 1 aliphatic carbocycles. The van der Waals surface area contributed by atoms with Crippen molar-refractivity contribution in [2.75, 3.05) is 20.3 Å². The van der Waals surface area contributed by atoms with Crippen molar-refractivity contribution in [1.82, 2.24) is 10.2 Å². The number of benzene rings is 1. The van der Waals surface area contributed by atoms with Gasteiger partial charge in [0.1, 0.15) is 5.75 Å². The molecule has 1 fully saturated rings. The Morgan fingerprint density at radius 3 is 2.95 bits per heavy atom. The van der Waals surface area contributed by atoms with Crippen LogP contribution in [0.1, 0.15) is 18.4 Å². The SMILES string of the molecule is COc1cccc(CNC(=O)N(CCO)C2CC2)c1. The highest BCUT2D eigenvalue weighted by Crippen LogP contribution is 2.26. The first-order valence-electron chi connectivity index (χ1n) is 6.53. The zero-order valence-corrected chi connectivity index (χ0v) is 11.1. The normalized spacial score (nSPS) is 14.0. The van der Waals surface area contributed by atoms with Gasteiger partial charge in [0, 0.05) is 19.1 Å². The summed E-state index contributed by atoms with van der Waals surface area (Å²) < 4.78 is 5.14. The maximum atomic E-state index is 12.0. The van der Waals surface area contributed by atoms with Crippen LogP contribution in [0.5, 0.6) is 5.75 Å². The van der Waals surface area contributed by atoms with Crippen molar-refractivity contribution in [2.24, 2.45) is 0 Å². The van der Waals surface area contributed by atoms with Crippen LogP contribution in [0.2, 0.25) is 0 Å². The number of aliphatic hydroxyl groups is 1. The van der Waals surface area contributed by atoms with Gasteiger partial charge in [-0.25, -0.2) is 4.79 Å². The van der Waals surface area contributed by atoms with Gasteiger partial charge >= 0.3 is 6.03 Å². The van der Waals surface area contributed by atoms with E-state index in [0.29, 0.717) is 19.1 Å². The molecule has 0 saturated heterocycles. The molecular formula is C14H20N2O3. The Balaban J connectivity index is 1.87. The summed E-state index contributed by atoms with van der Waals surface area (Å²) >= 11 is 0. The molecule has 0 heterocycles. The van der Waals surface area contributed by atoms with Gasteiger partial charge in [0.15, 0.2) is 0 Å². The molecule has 5 heteroatoms. The third-order valence-corrected chi connectivity index (χ3v) is 3.17. The van der Waals surface area contributed by atoms with Crippen LogP contribution in [-0.4, -0.2) is 42.3 Å². The van der Waals surface area contributed by atoms with E-state index in [1.165, 1.54) is 0 Å². The number of hydrogen-bond acceptors (Lipinski definition) is 3. The lowest BCUT2D eigenvalue weighted by atomic mass is 10.2. The zero-order chi connectivity index (χ0) is 13.7. The first-order valence-corrected chi connectivity index (χ1v) is 6.53. The molecule has 1 aromatic carbocycles. The van der Waals surface area contributed by atoms with E-state index in [1.54, 1.807) is 12.0 Å². The number of amides is 2. The molecule has 2 rings (SSSR count). The molecule has 5 nitrogen and oxygen atoms in total. The van der Waals surface area contributed by atoms with E-state index in [2.05, 4.69) is 5.32 Å². The number of aliphatic hydroxyl groups excluding tert-OH is 1. The summed E-state index contributed by atoms with van der Waals surface area (Å²) in [6.45, 7) is 0.863. The minimum atomic E-state index is -0.112. The van der Waals surface area contributed by atoms with E-state index >= 15 is 0 Å². The van der Waals surface area contributed by atoms with Crippen molar-refractivity contribution in [2.45, 2.75) is 25.4 Å². The molecule has 1 aromatic rings. The Hall–Kier alpha value is -1.75. The fraction of sp³-hybridized carbons (Fsp3) is 0.500. The van der Waals surface area contributed by atoms with Gasteiger partial charge in [0.2, 0.25) is 0 Å². The van der Waals surface area contributed by atoms with Gasteiger partial charge in [-0.05, 0) is 30.5 Å². The summed E-state index contributed by atoms with van der Waals surface area (Å²) in [4.78, 5) is 13.7. The minimum absolute atomic E-state index is 0.00306. The predicted octanol–water partition coefficient (Wildman–Crippen LogP) is 1.36. The fourth-order valence-corrected chi connectivity index (χ4v) is 2.01. The number of urea groups is 1. The molecule has 0 aliphatic heterocycles. The molecule has 1 aliphatic rings. The summed E-state index contributed by atoms with van der Waals surface area (Å²) in [6.07, 6.45) is 2.07. The Labute approximate surface area is 113 Å². The summed E-state index contributed by atoms with van der Waals surface area (Å²) in [5.74, 6) is 0.779. The quantitative estimate of drug-likeness (QED) is 0.815. The van der Waals surface area contributed by atoms with Crippen molar-refractivity contribution in [3.8, 4) is 5.75 Å². The van der Waals surface area contributed by atoms with Gasteiger partial charge in [-0.2, -0.15) is 0 Å². The van der Waals surface area contributed by atoms with Crippen LogP contribution in [-0.2, 0) is 6.54 Å². The molecule has 0 radical (unpaired) electrons. The smallest absolute Gasteiger partial charge is 0.317 e. The standard InChI is InChI=1S/C14H20N2O3/c1-19-13-4-2-3-11(9-13)10-15-14(18)16(7-8-17)12-5-6-12/h2-4,9,12,17H,5-8,10H2,1H3,(H,15,18). The Bertz CT molecular complexity index is 432. The third-order valence-electron chi connectivity index (χ3n) is 3.17. The number of nitrogens with one attached hydrogen (secondary N) is 1. The van der Waals surface area contributed by atoms with Crippen LogP contribution >= 0.6 is 0 Å². The average molecular weight is 264 g/mol. The molecular weight excluding hydrogens is 244 g/mol. The van der Waals surface area contributed by atoms with Crippen molar-refractivity contribution in [3.63, 3.8) is 0 Å².